The van der Waals surface area contributed by atoms with E-state index >= 15 is 0 Å². The second kappa shape index (κ2) is 10.8. The average molecular weight is 494 g/mol. The van der Waals surface area contributed by atoms with Crippen molar-refractivity contribution in [2.45, 2.75) is 39.0 Å². The minimum Gasteiger partial charge on any atom is -0.477 e. The maximum absolute atomic E-state index is 14.4. The summed E-state index contributed by atoms with van der Waals surface area (Å²) in [5.41, 5.74) is 1.84. The Hall–Kier alpha value is -3.19. The Morgan fingerprint density at radius 3 is 2.44 bits per heavy atom. The molecule has 0 saturated carbocycles. The zero-order valence-electron chi connectivity index (χ0n) is 20.4. The third-order valence-corrected chi connectivity index (χ3v) is 7.15. The van der Waals surface area contributed by atoms with Crippen LogP contribution >= 0.6 is 0 Å². The van der Waals surface area contributed by atoms with E-state index in [1.54, 1.807) is 19.2 Å². The minimum absolute atomic E-state index is 0.163. The van der Waals surface area contributed by atoms with E-state index in [0.29, 0.717) is 47.7 Å². The first kappa shape index (κ1) is 24.5. The first-order valence-electron chi connectivity index (χ1n) is 12.7. The maximum atomic E-state index is 14.4. The van der Waals surface area contributed by atoms with Crippen LogP contribution in [0.3, 0.4) is 0 Å². The van der Waals surface area contributed by atoms with Gasteiger partial charge in [0.05, 0.1) is 17.5 Å². The lowest BCUT2D eigenvalue weighted by molar-refractivity contribution is 0.139. The number of ether oxygens (including phenoxy) is 1. The molecule has 3 heterocycles. The van der Waals surface area contributed by atoms with Crippen LogP contribution in [0.4, 0.5) is 13.2 Å². The number of nitrogens with zero attached hydrogens (tertiary/aromatic N) is 3. The Morgan fingerprint density at radius 2 is 1.69 bits per heavy atom. The smallest absolute Gasteiger partial charge is 0.223 e. The lowest BCUT2D eigenvalue weighted by atomic mass is 9.97. The van der Waals surface area contributed by atoms with Crippen LogP contribution in [0.15, 0.2) is 48.7 Å². The van der Waals surface area contributed by atoms with E-state index in [4.69, 9.17) is 4.74 Å². The van der Waals surface area contributed by atoms with E-state index in [-0.39, 0.29) is 16.9 Å². The van der Waals surface area contributed by atoms with Gasteiger partial charge < -0.3 is 9.64 Å². The molecule has 4 nitrogen and oxygen atoms in total. The lowest BCUT2D eigenvalue weighted by Gasteiger charge is -2.31. The molecule has 0 atom stereocenters. The third kappa shape index (κ3) is 5.16. The first-order valence-corrected chi connectivity index (χ1v) is 12.7. The van der Waals surface area contributed by atoms with Crippen molar-refractivity contribution in [3.05, 3.63) is 77.2 Å². The topological polar surface area (TPSA) is 38.2 Å². The second-order valence-electron chi connectivity index (χ2n) is 9.54. The molecule has 0 bridgehead atoms. The Kier molecular flexibility index (Phi) is 7.37. The van der Waals surface area contributed by atoms with Gasteiger partial charge in [-0.25, -0.2) is 18.2 Å². The number of hydrogen-bond acceptors (Lipinski definition) is 4. The highest BCUT2D eigenvalue weighted by Crippen LogP contribution is 2.31. The van der Waals surface area contributed by atoms with Gasteiger partial charge in [-0.1, -0.05) is 19.1 Å². The van der Waals surface area contributed by atoms with Gasteiger partial charge in [-0.2, -0.15) is 0 Å². The van der Waals surface area contributed by atoms with Crippen molar-refractivity contribution < 1.29 is 17.9 Å². The number of fused-ring (bicyclic) bond motifs is 3. The van der Waals surface area contributed by atoms with Gasteiger partial charge in [0.15, 0.2) is 0 Å². The van der Waals surface area contributed by atoms with Crippen molar-refractivity contribution in [1.82, 2.24) is 14.9 Å². The number of aryl methyl sites for hydroxylation is 1. The number of aromatic nitrogens is 2. The number of hydrogen-bond donors (Lipinski definition) is 0. The van der Waals surface area contributed by atoms with Crippen LogP contribution in [0.2, 0.25) is 0 Å². The molecule has 1 fully saturated rings. The number of rotatable bonds is 8. The summed E-state index contributed by atoms with van der Waals surface area (Å²) < 4.78 is 48.6. The van der Waals surface area contributed by atoms with Crippen molar-refractivity contribution in [3.8, 4) is 5.88 Å². The summed E-state index contributed by atoms with van der Waals surface area (Å²) in [5.74, 6) is -0.464. The van der Waals surface area contributed by atoms with Crippen molar-refractivity contribution in [3.63, 3.8) is 0 Å². The zero-order chi connectivity index (χ0) is 25.1. The molecule has 0 unspecified atom stereocenters. The van der Waals surface area contributed by atoms with E-state index in [1.165, 1.54) is 18.2 Å². The van der Waals surface area contributed by atoms with Crippen LogP contribution in [0.25, 0.3) is 21.8 Å². The predicted octanol–water partition coefficient (Wildman–Crippen LogP) is 6.49. The molecule has 7 heteroatoms. The fraction of sp³-hybridized carbons (Fsp3) is 0.379. The van der Waals surface area contributed by atoms with Crippen molar-refractivity contribution >= 4 is 21.8 Å². The van der Waals surface area contributed by atoms with Gasteiger partial charge in [-0.05, 0) is 93.6 Å². The second-order valence-corrected chi connectivity index (χ2v) is 9.54. The summed E-state index contributed by atoms with van der Waals surface area (Å²) in [7, 11) is 0. The summed E-state index contributed by atoms with van der Waals surface area (Å²) in [6.07, 6.45) is 5.55. The van der Waals surface area contributed by atoms with E-state index in [0.717, 1.165) is 44.3 Å². The van der Waals surface area contributed by atoms with Gasteiger partial charge >= 0.3 is 0 Å². The summed E-state index contributed by atoms with van der Waals surface area (Å²) in [6.45, 7) is 5.08. The van der Waals surface area contributed by atoms with Gasteiger partial charge in [0.25, 0.3) is 0 Å². The summed E-state index contributed by atoms with van der Waals surface area (Å²) in [4.78, 5) is 11.3. The molecule has 0 spiro atoms. The fourth-order valence-corrected chi connectivity index (χ4v) is 5.10. The molecule has 2 aromatic heterocycles. The number of para-hydroxylation sites is 1. The molecule has 1 aliphatic rings. The lowest BCUT2D eigenvalue weighted by Crippen LogP contribution is -2.36. The minimum atomic E-state index is -0.444. The van der Waals surface area contributed by atoms with E-state index in [2.05, 4.69) is 14.9 Å². The molecule has 0 aliphatic carbocycles. The molecule has 0 amide bonds. The molecule has 0 radical (unpaired) electrons. The summed E-state index contributed by atoms with van der Waals surface area (Å²) in [5, 5.41) is 1.46. The van der Waals surface area contributed by atoms with Crippen LogP contribution in [-0.4, -0.2) is 41.1 Å². The normalized spacial score (nSPS) is 15.1. The molecule has 0 N–H and O–H groups in total. The van der Waals surface area contributed by atoms with Gasteiger partial charge in [0.1, 0.15) is 23.0 Å². The number of likely N-dealkylation sites (tertiary alicyclic amines) is 1. The molecule has 188 valence electrons. The molecule has 1 saturated heterocycles. The van der Waals surface area contributed by atoms with Crippen LogP contribution in [0, 0.1) is 23.4 Å². The van der Waals surface area contributed by atoms with Gasteiger partial charge in [0.2, 0.25) is 5.88 Å². The Balaban J connectivity index is 1.14. The van der Waals surface area contributed by atoms with E-state index < -0.39 is 11.6 Å². The van der Waals surface area contributed by atoms with Crippen molar-refractivity contribution in [1.29, 1.82) is 0 Å². The van der Waals surface area contributed by atoms with Crippen molar-refractivity contribution in [2.24, 2.45) is 5.92 Å². The number of piperidine rings is 1. The number of pyridine rings is 2. The van der Waals surface area contributed by atoms with Gasteiger partial charge in [-0.3, -0.25) is 4.98 Å². The number of benzene rings is 2. The Bertz CT molecular complexity index is 1350. The first-order chi connectivity index (χ1) is 17.5. The SMILES string of the molecule is CCc1c(F)cc(CCCN2CCC(COc3nc4c(F)cccc4c4ncccc34)CC2)cc1F. The summed E-state index contributed by atoms with van der Waals surface area (Å²) >= 11 is 0. The highest BCUT2D eigenvalue weighted by Gasteiger charge is 2.21. The van der Waals surface area contributed by atoms with Crippen LogP contribution in [-0.2, 0) is 12.8 Å². The van der Waals surface area contributed by atoms with Gasteiger partial charge in [-0.15, -0.1) is 0 Å². The molecule has 1 aliphatic heterocycles. The number of halogens is 3. The van der Waals surface area contributed by atoms with Crippen LogP contribution < -0.4 is 4.74 Å². The quantitative estimate of drug-likeness (QED) is 0.263. The van der Waals surface area contributed by atoms with Crippen LogP contribution in [0.5, 0.6) is 5.88 Å². The molecule has 36 heavy (non-hydrogen) atoms. The highest BCUT2D eigenvalue weighted by atomic mass is 19.1. The molecule has 5 rings (SSSR count). The fourth-order valence-electron chi connectivity index (χ4n) is 5.10. The standard InChI is InChI=1S/C29H30F3N3O/c1-2-21-25(31)16-20(17-26(21)32)6-5-13-35-14-10-19(11-15-35)18-36-29-23-8-4-12-33-27(23)22-7-3-9-24(30)28(22)34-29/h3-4,7-9,12,16-17,19H,2,5-6,10-11,13-15,18H2,1H3. The third-order valence-electron chi connectivity index (χ3n) is 7.15. The Morgan fingerprint density at radius 1 is 0.944 bits per heavy atom. The van der Waals surface area contributed by atoms with E-state index in [1.807, 2.05) is 18.2 Å². The van der Waals surface area contributed by atoms with E-state index in [9.17, 15) is 13.2 Å². The molecule has 2 aromatic carbocycles. The zero-order valence-corrected chi connectivity index (χ0v) is 20.4. The summed E-state index contributed by atoms with van der Waals surface area (Å²) in [6, 6.07) is 11.6. The van der Waals surface area contributed by atoms with Gasteiger partial charge in [0, 0.05) is 17.1 Å². The largest absolute Gasteiger partial charge is 0.477 e. The molecular weight excluding hydrogens is 463 g/mol. The monoisotopic (exact) mass is 493 g/mol. The average Bonchev–Trinajstić information content (AvgIpc) is 2.88. The maximum Gasteiger partial charge on any atom is 0.223 e. The predicted molar refractivity (Wildman–Crippen MR) is 136 cm³/mol. The highest BCUT2D eigenvalue weighted by molar-refractivity contribution is 6.05. The molecule has 4 aromatic rings. The van der Waals surface area contributed by atoms with Crippen molar-refractivity contribution in [2.75, 3.05) is 26.2 Å². The van der Waals surface area contributed by atoms with Crippen LogP contribution in [0.1, 0.15) is 37.3 Å². The molecular formula is C29H30F3N3O. The Labute approximate surface area is 209 Å².